The Morgan fingerprint density at radius 2 is 2.21 bits per heavy atom. The minimum Gasteiger partial charge on any atom is -0.396 e. The first-order valence-corrected chi connectivity index (χ1v) is 4.92. The number of anilines is 1. The number of rotatable bonds is 1. The Hall–Kier alpha value is -1.42. The highest BCUT2D eigenvalue weighted by Crippen LogP contribution is 2.30. The second-order valence-electron chi connectivity index (χ2n) is 3.07. The summed E-state index contributed by atoms with van der Waals surface area (Å²) in [6, 6.07) is 4.94. The molecule has 4 heteroatoms. The summed E-state index contributed by atoms with van der Waals surface area (Å²) in [6.07, 6.45) is 1.61. The van der Waals surface area contributed by atoms with Gasteiger partial charge >= 0.3 is 0 Å². The summed E-state index contributed by atoms with van der Waals surface area (Å²) in [5, 5.41) is 0. The number of hydrogen-bond donors (Lipinski definition) is 1. The molecule has 2 N–H and O–H groups in total. The number of hydrogen-bond acceptors (Lipinski definition) is 3. The van der Waals surface area contributed by atoms with Crippen LogP contribution in [0.4, 0.5) is 10.1 Å². The van der Waals surface area contributed by atoms with Crippen molar-refractivity contribution in [1.82, 2.24) is 4.37 Å². The van der Waals surface area contributed by atoms with Gasteiger partial charge in [-0.1, -0.05) is 6.07 Å². The van der Waals surface area contributed by atoms with Gasteiger partial charge < -0.3 is 5.73 Å². The van der Waals surface area contributed by atoms with Crippen molar-refractivity contribution in [3.63, 3.8) is 0 Å². The summed E-state index contributed by atoms with van der Waals surface area (Å²) in [6.45, 7) is 1.73. The zero-order valence-electron chi connectivity index (χ0n) is 7.62. The number of halogens is 1. The average Bonchev–Trinajstić information content (AvgIpc) is 2.57. The van der Waals surface area contributed by atoms with E-state index < -0.39 is 0 Å². The smallest absolute Gasteiger partial charge is 0.126 e. The quantitative estimate of drug-likeness (QED) is 0.782. The lowest BCUT2D eigenvalue weighted by Gasteiger charge is -2.01. The molecular formula is C10H9FN2S. The standard InChI is InChI=1S/C10H9FN2S/c1-6-4-7(2-3-8(6)11)10-9(12)5-13-14-10/h2-5H,12H2,1H3. The van der Waals surface area contributed by atoms with E-state index in [-0.39, 0.29) is 5.82 Å². The van der Waals surface area contributed by atoms with E-state index in [1.54, 1.807) is 25.3 Å². The van der Waals surface area contributed by atoms with Gasteiger partial charge in [-0.3, -0.25) is 0 Å². The van der Waals surface area contributed by atoms with E-state index in [2.05, 4.69) is 4.37 Å². The third kappa shape index (κ3) is 1.48. The first-order chi connectivity index (χ1) is 6.68. The van der Waals surface area contributed by atoms with Crippen molar-refractivity contribution in [3.05, 3.63) is 35.8 Å². The molecule has 0 fully saturated rings. The molecule has 0 bridgehead atoms. The number of aryl methyl sites for hydroxylation is 1. The van der Waals surface area contributed by atoms with Gasteiger partial charge in [-0.15, -0.1) is 0 Å². The molecular weight excluding hydrogens is 199 g/mol. The number of nitrogens with zero attached hydrogens (tertiary/aromatic N) is 1. The molecule has 2 aromatic rings. The van der Waals surface area contributed by atoms with Gasteiger partial charge in [0.25, 0.3) is 0 Å². The fourth-order valence-electron chi connectivity index (χ4n) is 1.25. The summed E-state index contributed by atoms with van der Waals surface area (Å²) >= 11 is 1.32. The number of benzene rings is 1. The zero-order valence-corrected chi connectivity index (χ0v) is 8.44. The maximum Gasteiger partial charge on any atom is 0.126 e. The number of nitrogens with two attached hydrogens (primary N) is 1. The van der Waals surface area contributed by atoms with Gasteiger partial charge in [0.05, 0.1) is 16.8 Å². The van der Waals surface area contributed by atoms with Crippen molar-refractivity contribution in [3.8, 4) is 10.4 Å². The summed E-state index contributed by atoms with van der Waals surface area (Å²) in [5.74, 6) is -0.197. The molecule has 0 saturated heterocycles. The lowest BCUT2D eigenvalue weighted by Crippen LogP contribution is -1.86. The van der Waals surface area contributed by atoms with E-state index in [4.69, 9.17) is 5.73 Å². The molecule has 1 aromatic heterocycles. The third-order valence-electron chi connectivity index (χ3n) is 2.02. The lowest BCUT2D eigenvalue weighted by atomic mass is 10.1. The topological polar surface area (TPSA) is 38.9 Å². The maximum atomic E-state index is 13.0. The predicted molar refractivity (Wildman–Crippen MR) is 56.7 cm³/mol. The van der Waals surface area contributed by atoms with Crippen LogP contribution in [0.5, 0.6) is 0 Å². The molecule has 2 rings (SSSR count). The monoisotopic (exact) mass is 208 g/mol. The Balaban J connectivity index is 2.53. The molecule has 0 amide bonds. The molecule has 0 saturated carbocycles. The van der Waals surface area contributed by atoms with Gasteiger partial charge in [0.1, 0.15) is 5.82 Å². The Kier molecular flexibility index (Phi) is 2.21. The minimum atomic E-state index is -0.197. The molecule has 1 aromatic carbocycles. The molecule has 14 heavy (non-hydrogen) atoms. The summed E-state index contributed by atoms with van der Waals surface area (Å²) < 4.78 is 17.0. The van der Waals surface area contributed by atoms with Gasteiger partial charge in [-0.05, 0) is 41.7 Å². The second kappa shape index (κ2) is 3.38. The van der Waals surface area contributed by atoms with Crippen LogP contribution in [0.2, 0.25) is 0 Å². The highest BCUT2D eigenvalue weighted by Gasteiger charge is 2.06. The van der Waals surface area contributed by atoms with Crippen LogP contribution >= 0.6 is 11.5 Å². The van der Waals surface area contributed by atoms with Gasteiger partial charge in [-0.2, -0.15) is 4.37 Å². The summed E-state index contributed by atoms with van der Waals surface area (Å²) in [5.41, 5.74) is 7.90. The fourth-order valence-corrected chi connectivity index (χ4v) is 1.91. The van der Waals surface area contributed by atoms with Crippen molar-refractivity contribution in [2.75, 3.05) is 5.73 Å². The Morgan fingerprint density at radius 1 is 1.43 bits per heavy atom. The Bertz CT molecular complexity index is 465. The van der Waals surface area contributed by atoms with Gasteiger partial charge in [0.15, 0.2) is 0 Å². The predicted octanol–water partition coefficient (Wildman–Crippen LogP) is 2.84. The van der Waals surface area contributed by atoms with E-state index >= 15 is 0 Å². The van der Waals surface area contributed by atoms with Crippen molar-refractivity contribution in [1.29, 1.82) is 0 Å². The van der Waals surface area contributed by atoms with Crippen LogP contribution in [-0.4, -0.2) is 4.37 Å². The van der Waals surface area contributed by atoms with Gasteiger partial charge in [0.2, 0.25) is 0 Å². The fraction of sp³-hybridized carbons (Fsp3) is 0.100. The number of aromatic nitrogens is 1. The van der Waals surface area contributed by atoms with Crippen LogP contribution < -0.4 is 5.73 Å². The lowest BCUT2D eigenvalue weighted by molar-refractivity contribution is 0.619. The van der Waals surface area contributed by atoms with Crippen molar-refractivity contribution in [2.45, 2.75) is 6.92 Å². The first-order valence-electron chi connectivity index (χ1n) is 4.15. The SMILES string of the molecule is Cc1cc(-c2sncc2N)ccc1F. The van der Waals surface area contributed by atoms with Crippen LogP contribution in [0.15, 0.2) is 24.4 Å². The molecule has 1 heterocycles. The molecule has 0 aliphatic rings. The molecule has 0 unspecified atom stereocenters. The van der Waals surface area contributed by atoms with E-state index in [1.165, 1.54) is 17.6 Å². The average molecular weight is 208 g/mol. The van der Waals surface area contributed by atoms with Crippen molar-refractivity contribution < 1.29 is 4.39 Å². The van der Waals surface area contributed by atoms with E-state index in [0.29, 0.717) is 11.3 Å². The van der Waals surface area contributed by atoms with Gasteiger partial charge in [-0.25, -0.2) is 4.39 Å². The van der Waals surface area contributed by atoms with Crippen molar-refractivity contribution in [2.24, 2.45) is 0 Å². The van der Waals surface area contributed by atoms with Gasteiger partial charge in [0, 0.05) is 0 Å². The molecule has 2 nitrogen and oxygen atoms in total. The molecule has 0 spiro atoms. The van der Waals surface area contributed by atoms with E-state index in [0.717, 1.165) is 10.4 Å². The van der Waals surface area contributed by atoms with Crippen LogP contribution in [0, 0.1) is 12.7 Å². The van der Waals surface area contributed by atoms with Crippen LogP contribution in [0.25, 0.3) is 10.4 Å². The molecule has 72 valence electrons. The molecule has 0 radical (unpaired) electrons. The van der Waals surface area contributed by atoms with Crippen LogP contribution in [-0.2, 0) is 0 Å². The van der Waals surface area contributed by atoms with Crippen LogP contribution in [0.1, 0.15) is 5.56 Å². The second-order valence-corrected chi connectivity index (χ2v) is 3.88. The number of nitrogen functional groups attached to an aromatic ring is 1. The Morgan fingerprint density at radius 3 is 2.79 bits per heavy atom. The molecule has 0 atom stereocenters. The first kappa shape index (κ1) is 9.15. The Labute approximate surface area is 85.4 Å². The van der Waals surface area contributed by atoms with E-state index in [1.807, 2.05) is 0 Å². The zero-order chi connectivity index (χ0) is 10.1. The summed E-state index contributed by atoms with van der Waals surface area (Å²) in [4.78, 5) is 0.896. The van der Waals surface area contributed by atoms with Crippen LogP contribution in [0.3, 0.4) is 0 Å². The van der Waals surface area contributed by atoms with E-state index in [9.17, 15) is 4.39 Å². The summed E-state index contributed by atoms with van der Waals surface area (Å²) in [7, 11) is 0. The highest BCUT2D eigenvalue weighted by atomic mass is 32.1. The molecule has 0 aliphatic heterocycles. The third-order valence-corrected chi connectivity index (χ3v) is 2.88. The highest BCUT2D eigenvalue weighted by molar-refractivity contribution is 7.10. The van der Waals surface area contributed by atoms with Crippen molar-refractivity contribution >= 4 is 17.2 Å². The molecule has 0 aliphatic carbocycles. The maximum absolute atomic E-state index is 13.0. The minimum absolute atomic E-state index is 0.197. The normalized spacial score (nSPS) is 10.4. The largest absolute Gasteiger partial charge is 0.396 e.